The van der Waals surface area contributed by atoms with E-state index in [1.807, 2.05) is 32.0 Å². The lowest BCUT2D eigenvalue weighted by atomic mass is 10.0. The van der Waals surface area contributed by atoms with Crippen molar-refractivity contribution < 1.29 is 9.47 Å². The van der Waals surface area contributed by atoms with Crippen molar-refractivity contribution in [1.82, 2.24) is 15.5 Å². The molecule has 1 aliphatic heterocycles. The summed E-state index contributed by atoms with van der Waals surface area (Å²) in [6, 6.07) is 8.18. The van der Waals surface area contributed by atoms with E-state index >= 15 is 0 Å². The summed E-state index contributed by atoms with van der Waals surface area (Å²) in [5.41, 5.74) is 0.862. The first-order chi connectivity index (χ1) is 12.5. The zero-order valence-electron chi connectivity index (χ0n) is 16.2. The summed E-state index contributed by atoms with van der Waals surface area (Å²) in [5.74, 6) is 0.750. The van der Waals surface area contributed by atoms with Crippen molar-refractivity contribution >= 4 is 17.6 Å². The molecule has 0 bridgehead atoms. The van der Waals surface area contributed by atoms with Gasteiger partial charge in [0, 0.05) is 45.4 Å². The molecule has 0 amide bonds. The molecule has 1 aliphatic rings. The highest BCUT2D eigenvalue weighted by atomic mass is 35.5. The number of nitrogens with zero attached hydrogens (tertiary/aromatic N) is 2. The van der Waals surface area contributed by atoms with Crippen molar-refractivity contribution in [2.75, 3.05) is 53.6 Å². The van der Waals surface area contributed by atoms with Gasteiger partial charge in [0.05, 0.1) is 24.9 Å². The second-order valence-electron chi connectivity index (χ2n) is 6.96. The van der Waals surface area contributed by atoms with E-state index in [9.17, 15) is 0 Å². The zero-order valence-corrected chi connectivity index (χ0v) is 17.0. The molecule has 0 saturated carbocycles. The molecule has 0 aliphatic carbocycles. The third-order valence-electron chi connectivity index (χ3n) is 4.67. The Labute approximate surface area is 161 Å². The molecule has 7 heteroatoms. The predicted molar refractivity (Wildman–Crippen MR) is 107 cm³/mol. The van der Waals surface area contributed by atoms with Crippen LogP contribution in [0.4, 0.5) is 0 Å². The molecule has 6 nitrogen and oxygen atoms in total. The number of aliphatic imine (C=N–C) groups is 1. The van der Waals surface area contributed by atoms with E-state index < -0.39 is 0 Å². The van der Waals surface area contributed by atoms with Gasteiger partial charge in [-0.3, -0.25) is 9.89 Å². The molecule has 0 aromatic heterocycles. The van der Waals surface area contributed by atoms with Gasteiger partial charge in [0.15, 0.2) is 5.96 Å². The van der Waals surface area contributed by atoms with Crippen LogP contribution in [0.3, 0.4) is 0 Å². The third-order valence-corrected chi connectivity index (χ3v) is 5.02. The van der Waals surface area contributed by atoms with Crippen LogP contribution in [0.1, 0.15) is 25.5 Å². The number of hydrogen-bond acceptors (Lipinski definition) is 4. The van der Waals surface area contributed by atoms with Gasteiger partial charge in [0.1, 0.15) is 0 Å². The van der Waals surface area contributed by atoms with E-state index in [1.54, 1.807) is 14.2 Å². The summed E-state index contributed by atoms with van der Waals surface area (Å²) in [5, 5.41) is 7.54. The highest BCUT2D eigenvalue weighted by Crippen LogP contribution is 2.27. The molecule has 1 aromatic rings. The molecule has 1 heterocycles. The fourth-order valence-electron chi connectivity index (χ4n) is 2.85. The van der Waals surface area contributed by atoms with Crippen LogP contribution in [0.5, 0.6) is 0 Å². The van der Waals surface area contributed by atoms with Gasteiger partial charge in [-0.15, -0.1) is 0 Å². The van der Waals surface area contributed by atoms with Gasteiger partial charge in [-0.25, -0.2) is 0 Å². The molecule has 0 radical (unpaired) electrons. The largest absolute Gasteiger partial charge is 0.379 e. The number of guanidine groups is 1. The molecule has 2 N–H and O–H groups in total. The molecule has 1 aromatic carbocycles. The van der Waals surface area contributed by atoms with Crippen LogP contribution in [-0.2, 0) is 9.47 Å². The number of hydrogen-bond donors (Lipinski definition) is 2. The van der Waals surface area contributed by atoms with Crippen LogP contribution in [0.25, 0.3) is 0 Å². The van der Waals surface area contributed by atoms with Gasteiger partial charge in [-0.2, -0.15) is 0 Å². The maximum atomic E-state index is 6.48. The Bertz CT molecular complexity index is 589. The fraction of sp³-hybridized carbons (Fsp3) is 0.632. The maximum absolute atomic E-state index is 6.48. The molecule has 146 valence electrons. The Balaban J connectivity index is 2.05. The lowest BCUT2D eigenvalue weighted by Crippen LogP contribution is -2.49. The summed E-state index contributed by atoms with van der Waals surface area (Å²) in [6.45, 7) is 8.71. The lowest BCUT2D eigenvalue weighted by molar-refractivity contribution is 0.0168. The van der Waals surface area contributed by atoms with Crippen molar-refractivity contribution in [3.8, 4) is 0 Å². The van der Waals surface area contributed by atoms with Gasteiger partial charge in [-0.1, -0.05) is 29.8 Å². The van der Waals surface area contributed by atoms with E-state index in [1.165, 1.54) is 0 Å². The number of benzene rings is 1. The molecular weight excluding hydrogens is 352 g/mol. The standard InChI is InChI=1S/C19H31ClN4O2/c1-19(2,25-4)14-23-18(21-3)22-13-17(24-9-11-26-12-10-24)15-7-5-6-8-16(15)20/h5-8,17H,9-14H2,1-4H3,(H2,21,22,23). The van der Waals surface area contributed by atoms with E-state index in [0.29, 0.717) is 13.1 Å². The van der Waals surface area contributed by atoms with Crippen molar-refractivity contribution in [2.45, 2.75) is 25.5 Å². The highest BCUT2D eigenvalue weighted by molar-refractivity contribution is 6.31. The first-order valence-electron chi connectivity index (χ1n) is 9.03. The number of morpholine rings is 1. The Morgan fingerprint density at radius 3 is 2.62 bits per heavy atom. The Kier molecular flexibility index (Phi) is 8.15. The highest BCUT2D eigenvalue weighted by Gasteiger charge is 2.25. The predicted octanol–water partition coefficient (Wildman–Crippen LogP) is 2.30. The van der Waals surface area contributed by atoms with Gasteiger partial charge < -0.3 is 20.1 Å². The Morgan fingerprint density at radius 1 is 1.31 bits per heavy atom. The van der Waals surface area contributed by atoms with Gasteiger partial charge in [-0.05, 0) is 25.5 Å². The molecule has 1 atom stereocenters. The number of ether oxygens (including phenoxy) is 2. The van der Waals surface area contributed by atoms with E-state index in [-0.39, 0.29) is 11.6 Å². The summed E-state index contributed by atoms with van der Waals surface area (Å²) < 4.78 is 11.0. The van der Waals surface area contributed by atoms with Gasteiger partial charge in [0.25, 0.3) is 0 Å². The molecular formula is C19H31ClN4O2. The van der Waals surface area contributed by atoms with Crippen LogP contribution in [-0.4, -0.2) is 70.0 Å². The third kappa shape index (κ3) is 6.13. The van der Waals surface area contributed by atoms with E-state index in [0.717, 1.165) is 42.8 Å². The number of nitrogens with one attached hydrogen (secondary N) is 2. The monoisotopic (exact) mass is 382 g/mol. The summed E-state index contributed by atoms with van der Waals surface area (Å²) in [7, 11) is 3.48. The quantitative estimate of drug-likeness (QED) is 0.559. The average molecular weight is 383 g/mol. The molecule has 1 fully saturated rings. The normalized spacial score (nSPS) is 17.8. The van der Waals surface area contributed by atoms with Crippen LogP contribution < -0.4 is 10.6 Å². The second-order valence-corrected chi connectivity index (χ2v) is 7.36. The zero-order chi connectivity index (χ0) is 19.0. The SMILES string of the molecule is CN=C(NCC(c1ccccc1Cl)N1CCOCC1)NCC(C)(C)OC. The first kappa shape index (κ1) is 21.0. The van der Waals surface area contributed by atoms with Crippen LogP contribution in [0.15, 0.2) is 29.3 Å². The van der Waals surface area contributed by atoms with Crippen molar-refractivity contribution in [1.29, 1.82) is 0 Å². The summed E-state index contributed by atoms with van der Waals surface area (Å²) in [6.07, 6.45) is 0. The van der Waals surface area contributed by atoms with E-state index in [4.69, 9.17) is 21.1 Å². The second kappa shape index (κ2) is 10.1. The first-order valence-corrected chi connectivity index (χ1v) is 9.40. The topological polar surface area (TPSA) is 58.1 Å². The van der Waals surface area contributed by atoms with Crippen molar-refractivity contribution in [3.05, 3.63) is 34.9 Å². The van der Waals surface area contributed by atoms with Gasteiger partial charge >= 0.3 is 0 Å². The number of rotatable bonds is 7. The van der Waals surface area contributed by atoms with Crippen molar-refractivity contribution in [3.63, 3.8) is 0 Å². The summed E-state index contributed by atoms with van der Waals surface area (Å²) in [4.78, 5) is 6.73. The fourth-order valence-corrected chi connectivity index (χ4v) is 3.11. The molecule has 0 spiro atoms. The smallest absolute Gasteiger partial charge is 0.191 e. The number of methoxy groups -OCH3 is 1. The van der Waals surface area contributed by atoms with Crippen LogP contribution in [0.2, 0.25) is 5.02 Å². The minimum absolute atomic E-state index is 0.154. The molecule has 1 unspecified atom stereocenters. The van der Waals surface area contributed by atoms with E-state index in [2.05, 4.69) is 26.6 Å². The lowest BCUT2D eigenvalue weighted by Gasteiger charge is -2.35. The van der Waals surface area contributed by atoms with Crippen LogP contribution in [0, 0.1) is 0 Å². The Hall–Kier alpha value is -1.34. The Morgan fingerprint density at radius 2 is 2.00 bits per heavy atom. The van der Waals surface area contributed by atoms with Gasteiger partial charge in [0.2, 0.25) is 0 Å². The number of halogens is 1. The maximum Gasteiger partial charge on any atom is 0.191 e. The summed E-state index contributed by atoms with van der Waals surface area (Å²) >= 11 is 6.48. The molecule has 26 heavy (non-hydrogen) atoms. The average Bonchev–Trinajstić information content (AvgIpc) is 2.66. The minimum Gasteiger partial charge on any atom is -0.379 e. The molecule has 1 saturated heterocycles. The van der Waals surface area contributed by atoms with Crippen LogP contribution >= 0.6 is 11.6 Å². The molecule has 2 rings (SSSR count). The van der Waals surface area contributed by atoms with Crippen molar-refractivity contribution in [2.24, 2.45) is 4.99 Å². The minimum atomic E-state index is -0.260.